The van der Waals surface area contributed by atoms with Crippen molar-refractivity contribution in [2.24, 2.45) is 0 Å². The minimum absolute atomic E-state index is 0.416. The molecule has 3 nitrogen and oxygen atoms in total. The van der Waals surface area contributed by atoms with Crippen LogP contribution in [0.25, 0.3) is 167 Å². The van der Waals surface area contributed by atoms with Crippen molar-refractivity contribution in [2.75, 3.05) is 0 Å². The summed E-state index contributed by atoms with van der Waals surface area (Å²) in [5.74, 6) is 0. The number of fused-ring (bicyclic) bond motifs is 6. The summed E-state index contributed by atoms with van der Waals surface area (Å²) >= 11 is 3.89. The molecule has 7 aliphatic carbocycles. The van der Waals surface area contributed by atoms with E-state index < -0.39 is 21.7 Å². The molecular formula is C109H61N3S2. The normalized spacial score (nSPS) is 18.8. The van der Waals surface area contributed by atoms with E-state index in [2.05, 4.69) is 372 Å². The predicted molar refractivity (Wildman–Crippen MR) is 476 cm³/mol. The Morgan fingerprint density at radius 1 is 0.202 bits per heavy atom. The smallest absolute Gasteiger partial charge is 0.0649 e. The molecule has 5 aromatic heterocycles. The maximum atomic E-state index is 2.55. The Kier molecular flexibility index (Phi) is 10.8. The van der Waals surface area contributed by atoms with Gasteiger partial charge in [-0.25, -0.2) is 0 Å². The Morgan fingerprint density at radius 3 is 1.08 bits per heavy atom. The Balaban J connectivity index is 0.000000120. The fourth-order valence-corrected chi connectivity index (χ4v) is 27.8. The van der Waals surface area contributed by atoms with E-state index >= 15 is 0 Å². The summed E-state index contributed by atoms with van der Waals surface area (Å²) in [7, 11) is 0. The molecule has 0 radical (unpaired) electrons. The molecule has 0 N–H and O–H groups in total. The monoisotopic (exact) mass is 1480 g/mol. The molecule has 0 saturated carbocycles. The van der Waals surface area contributed by atoms with Crippen LogP contribution in [-0.4, -0.2) is 13.7 Å². The van der Waals surface area contributed by atoms with Crippen molar-refractivity contribution >= 4 is 150 Å². The molecule has 5 heteroatoms. The number of hydrogen-bond donors (Lipinski definition) is 0. The average Bonchev–Trinajstić information content (AvgIpc) is 1.44. The minimum atomic E-state index is -0.610. The molecule has 0 saturated heterocycles. The van der Waals surface area contributed by atoms with Crippen LogP contribution in [0.1, 0.15) is 77.9 Å². The Hall–Kier alpha value is -13.7. The number of nitrogens with zero attached hydrogens (tertiary/aromatic N) is 3. The second-order valence-corrected chi connectivity index (χ2v) is 35.0. The zero-order valence-corrected chi connectivity index (χ0v) is 63.1. The lowest BCUT2D eigenvalue weighted by Crippen LogP contribution is -2.53. The molecule has 0 spiro atoms. The van der Waals surface area contributed by atoms with Crippen LogP contribution in [0.5, 0.6) is 0 Å². The van der Waals surface area contributed by atoms with Crippen molar-refractivity contribution in [1.29, 1.82) is 0 Å². The third kappa shape index (κ3) is 6.40. The summed E-state index contributed by atoms with van der Waals surface area (Å²) in [4.78, 5) is 0. The van der Waals surface area contributed by atoms with E-state index in [0.29, 0.717) is 0 Å². The molecule has 2 unspecified atom stereocenters. The first-order chi connectivity index (χ1) is 56.6. The first-order valence-corrected chi connectivity index (χ1v) is 41.7. The molecule has 0 bridgehead atoms. The van der Waals surface area contributed by atoms with Gasteiger partial charge in [-0.2, -0.15) is 0 Å². The van der Waals surface area contributed by atoms with Crippen molar-refractivity contribution in [3.05, 3.63) is 436 Å². The quantitative estimate of drug-likeness (QED) is 0.167. The predicted octanol–water partition coefficient (Wildman–Crippen LogP) is 27.6. The first kappa shape index (κ1) is 60.1. The van der Waals surface area contributed by atoms with Crippen molar-refractivity contribution in [3.63, 3.8) is 0 Å². The van der Waals surface area contributed by atoms with Crippen LogP contribution in [0.2, 0.25) is 0 Å². The SMILES string of the molecule is c1cc2c3c(c1)C14c5cccc6c(-c7cccc8c7sc7ccccc78)ccc(c56)C1(c1cccc(c1-3)C2)c1cccc2sc3cccc4c3c12.c1ccc(-n2c3cccc4c3c3c(cccc32)C23c5ccc(-n6c7ccccc7c7ccccc76)c6cccc(c56)C42c2cccc4c2c2c3cccc2n4-c2ccccc2)cc1. The standard InChI is InChI=1S/C60H35N3.C49H26S2/c1-3-16-36(17-4-1)61-50-30-12-24-42-55(50)57-44(26-14-32-52(57)61)60-45-27-15-33-53-58(45)56-43(25-13-31-51(56)62(53)37-18-5-2-6-19-37)59(42,60)41-23-11-22-40-49(35-34-46(60)54(40)41)63-47-28-9-7-20-38(47)39-21-8-10-29-48(39)63;1-2-20-39-29(11-1)32-14-5-13-31(47(32)51-39)28-23-24-38-44-30(28)12-6-17-35(44)48-33-15-3-9-26-25-27-10-4-16-34(43(27)42(26)33)49(38,48)37-19-8-22-41-46(37)45-36(48)18-7-21-40(45)50-41/h1-35H;1-24H,25H2. The number of benzene rings is 18. The Labute approximate surface area is 662 Å². The Morgan fingerprint density at radius 2 is 0.553 bits per heavy atom. The number of thiophene rings is 2. The van der Waals surface area contributed by atoms with Gasteiger partial charge in [-0.3, -0.25) is 0 Å². The van der Waals surface area contributed by atoms with Gasteiger partial charge in [0.1, 0.15) is 0 Å². The van der Waals surface area contributed by atoms with Crippen LogP contribution in [0.3, 0.4) is 0 Å². The molecule has 2 atom stereocenters. The molecule has 30 rings (SSSR count). The lowest BCUT2D eigenvalue weighted by Gasteiger charge is -2.55. The largest absolute Gasteiger partial charge is 0.309 e. The molecule has 18 aromatic carbocycles. The van der Waals surface area contributed by atoms with Crippen LogP contribution in [0.4, 0.5) is 0 Å². The highest BCUT2D eigenvalue weighted by atomic mass is 32.1. The molecule has 524 valence electrons. The second kappa shape index (κ2) is 20.5. The molecule has 0 fully saturated rings. The zero-order valence-electron chi connectivity index (χ0n) is 61.4. The fraction of sp³-hybridized carbons (Fsp3) is 0.0459. The van der Waals surface area contributed by atoms with Gasteiger partial charge in [0.05, 0.1) is 60.4 Å². The van der Waals surface area contributed by atoms with Crippen LogP contribution in [-0.2, 0) is 28.1 Å². The first-order valence-electron chi connectivity index (χ1n) is 40.1. The fourth-order valence-electron chi connectivity index (χ4n) is 25.4. The number of para-hydroxylation sites is 4. The van der Waals surface area contributed by atoms with Gasteiger partial charge in [-0.15, -0.1) is 22.7 Å². The van der Waals surface area contributed by atoms with E-state index in [1.807, 2.05) is 22.7 Å². The number of hydrogen-bond acceptors (Lipinski definition) is 2. The topological polar surface area (TPSA) is 14.8 Å². The van der Waals surface area contributed by atoms with E-state index in [1.165, 1.54) is 245 Å². The van der Waals surface area contributed by atoms with Gasteiger partial charge in [-0.1, -0.05) is 273 Å². The van der Waals surface area contributed by atoms with Gasteiger partial charge in [0.15, 0.2) is 0 Å². The van der Waals surface area contributed by atoms with Crippen molar-refractivity contribution in [1.82, 2.24) is 13.7 Å². The van der Waals surface area contributed by atoms with Crippen LogP contribution < -0.4 is 0 Å². The van der Waals surface area contributed by atoms with Gasteiger partial charge in [0.2, 0.25) is 0 Å². The lowest BCUT2D eigenvalue weighted by atomic mass is 9.44. The molecule has 0 aliphatic heterocycles. The Bertz CT molecular complexity index is 8000. The highest BCUT2D eigenvalue weighted by Crippen LogP contribution is 2.77. The van der Waals surface area contributed by atoms with Crippen LogP contribution in [0, 0.1) is 0 Å². The summed E-state index contributed by atoms with van der Waals surface area (Å²) < 4.78 is 13.1. The molecule has 23 aromatic rings. The average molecular weight is 1480 g/mol. The van der Waals surface area contributed by atoms with Crippen LogP contribution in [0.15, 0.2) is 358 Å². The zero-order chi connectivity index (χ0) is 73.6. The second-order valence-electron chi connectivity index (χ2n) is 32.9. The molecular weight excluding hydrogens is 1420 g/mol. The van der Waals surface area contributed by atoms with Gasteiger partial charge >= 0.3 is 0 Å². The van der Waals surface area contributed by atoms with Gasteiger partial charge in [0, 0.05) is 95.0 Å². The number of aromatic nitrogens is 3. The van der Waals surface area contributed by atoms with E-state index in [1.54, 1.807) is 0 Å². The summed E-state index contributed by atoms with van der Waals surface area (Å²) in [6, 6.07) is 138. The summed E-state index contributed by atoms with van der Waals surface area (Å²) in [6.07, 6.45) is 1.00. The van der Waals surface area contributed by atoms with Gasteiger partial charge in [0.25, 0.3) is 0 Å². The van der Waals surface area contributed by atoms with Crippen molar-refractivity contribution in [3.8, 4) is 39.3 Å². The highest BCUT2D eigenvalue weighted by Gasteiger charge is 2.70. The highest BCUT2D eigenvalue weighted by molar-refractivity contribution is 7.26. The summed E-state index contributed by atoms with van der Waals surface area (Å²) in [5, 5.41) is 19.0. The summed E-state index contributed by atoms with van der Waals surface area (Å²) in [5.41, 5.74) is 34.6. The lowest BCUT2D eigenvalue weighted by molar-refractivity contribution is 0.439. The minimum Gasteiger partial charge on any atom is -0.309 e. The maximum Gasteiger partial charge on any atom is 0.0649 e. The molecule has 0 amide bonds. The summed E-state index contributed by atoms with van der Waals surface area (Å²) in [6.45, 7) is 0. The third-order valence-corrected chi connectivity index (χ3v) is 31.0. The van der Waals surface area contributed by atoms with E-state index in [9.17, 15) is 0 Å². The third-order valence-electron chi connectivity index (χ3n) is 28.7. The molecule has 114 heavy (non-hydrogen) atoms. The van der Waals surface area contributed by atoms with Crippen molar-refractivity contribution < 1.29 is 0 Å². The van der Waals surface area contributed by atoms with E-state index in [0.717, 1.165) is 6.42 Å². The molecule has 7 aliphatic rings. The van der Waals surface area contributed by atoms with Crippen molar-refractivity contribution in [2.45, 2.75) is 28.1 Å². The van der Waals surface area contributed by atoms with Gasteiger partial charge < -0.3 is 13.7 Å². The van der Waals surface area contributed by atoms with E-state index in [4.69, 9.17) is 0 Å². The number of rotatable bonds is 4. The van der Waals surface area contributed by atoms with Crippen LogP contribution >= 0.6 is 22.7 Å². The van der Waals surface area contributed by atoms with Gasteiger partial charge in [-0.05, 0) is 202 Å². The van der Waals surface area contributed by atoms with E-state index in [-0.39, 0.29) is 0 Å². The maximum absolute atomic E-state index is 2.55. The molecule has 5 heterocycles.